The van der Waals surface area contributed by atoms with E-state index in [4.69, 9.17) is 0 Å². The summed E-state index contributed by atoms with van der Waals surface area (Å²) in [5, 5.41) is 3.26. The van der Waals surface area contributed by atoms with Gasteiger partial charge in [-0.15, -0.1) is 0 Å². The van der Waals surface area contributed by atoms with Gasteiger partial charge in [-0.3, -0.25) is 9.59 Å². The van der Waals surface area contributed by atoms with E-state index in [-0.39, 0.29) is 30.3 Å². The van der Waals surface area contributed by atoms with Gasteiger partial charge in [-0.25, -0.2) is 0 Å². The Hall–Kier alpha value is -1.10. The van der Waals surface area contributed by atoms with Gasteiger partial charge in [0.25, 0.3) is 0 Å². The Bertz CT molecular complexity index is 291. The molecular formula is C12H23N3O2. The second-order valence-electron chi connectivity index (χ2n) is 4.78. The standard InChI is InChI=1S/C12H23N3O2/c1-5-15(8-11(16)14(3)4)12(17)10-6-7-13-9(10)2/h9-10,13H,5-8H2,1-4H3. The average Bonchev–Trinajstić information content (AvgIpc) is 2.70. The minimum Gasteiger partial charge on any atom is -0.347 e. The zero-order chi connectivity index (χ0) is 13.0. The van der Waals surface area contributed by atoms with Crippen LogP contribution < -0.4 is 5.32 Å². The SMILES string of the molecule is CCN(CC(=O)N(C)C)C(=O)C1CCNC1C. The van der Waals surface area contributed by atoms with Crippen molar-refractivity contribution < 1.29 is 9.59 Å². The maximum absolute atomic E-state index is 12.3. The van der Waals surface area contributed by atoms with E-state index < -0.39 is 0 Å². The summed E-state index contributed by atoms with van der Waals surface area (Å²) in [6.07, 6.45) is 0.868. The molecule has 2 unspecified atom stereocenters. The molecule has 0 radical (unpaired) electrons. The molecule has 2 atom stereocenters. The fraction of sp³-hybridized carbons (Fsp3) is 0.833. The van der Waals surface area contributed by atoms with Crippen LogP contribution in [-0.4, -0.2) is 61.4 Å². The molecule has 1 rings (SSSR count). The van der Waals surface area contributed by atoms with Crippen LogP contribution in [-0.2, 0) is 9.59 Å². The van der Waals surface area contributed by atoms with Crippen LogP contribution in [0, 0.1) is 5.92 Å². The zero-order valence-electron chi connectivity index (χ0n) is 11.2. The number of nitrogens with one attached hydrogen (secondary N) is 1. The summed E-state index contributed by atoms with van der Waals surface area (Å²) >= 11 is 0. The van der Waals surface area contributed by atoms with Crippen molar-refractivity contribution >= 4 is 11.8 Å². The molecule has 0 saturated carbocycles. The van der Waals surface area contributed by atoms with Gasteiger partial charge in [-0.1, -0.05) is 0 Å². The highest BCUT2D eigenvalue weighted by Crippen LogP contribution is 2.18. The first-order valence-corrected chi connectivity index (χ1v) is 6.19. The molecule has 0 aromatic carbocycles. The van der Waals surface area contributed by atoms with Gasteiger partial charge in [-0.05, 0) is 26.8 Å². The highest BCUT2D eigenvalue weighted by Gasteiger charge is 2.32. The number of rotatable bonds is 4. The van der Waals surface area contributed by atoms with Crippen molar-refractivity contribution in [3.63, 3.8) is 0 Å². The summed E-state index contributed by atoms with van der Waals surface area (Å²) < 4.78 is 0. The van der Waals surface area contributed by atoms with Gasteiger partial charge < -0.3 is 15.1 Å². The first-order valence-electron chi connectivity index (χ1n) is 6.19. The van der Waals surface area contributed by atoms with E-state index in [1.165, 1.54) is 4.90 Å². The van der Waals surface area contributed by atoms with Crippen molar-refractivity contribution in [1.82, 2.24) is 15.1 Å². The molecular weight excluding hydrogens is 218 g/mol. The predicted octanol–water partition coefficient (Wildman–Crippen LogP) is -0.0789. The number of hydrogen-bond acceptors (Lipinski definition) is 3. The highest BCUT2D eigenvalue weighted by molar-refractivity contribution is 5.86. The van der Waals surface area contributed by atoms with Crippen LogP contribution in [0.15, 0.2) is 0 Å². The predicted molar refractivity (Wildman–Crippen MR) is 66.5 cm³/mol. The minimum absolute atomic E-state index is 0.0184. The monoisotopic (exact) mass is 241 g/mol. The molecule has 0 spiro atoms. The van der Waals surface area contributed by atoms with Gasteiger partial charge in [-0.2, -0.15) is 0 Å². The largest absolute Gasteiger partial charge is 0.347 e. The fourth-order valence-corrected chi connectivity index (χ4v) is 2.08. The van der Waals surface area contributed by atoms with E-state index in [1.807, 2.05) is 13.8 Å². The molecule has 0 bridgehead atoms. The smallest absolute Gasteiger partial charge is 0.241 e. The van der Waals surface area contributed by atoms with Crippen LogP contribution in [0.3, 0.4) is 0 Å². The maximum atomic E-state index is 12.3. The second kappa shape index (κ2) is 6.00. The molecule has 0 aliphatic carbocycles. The Morgan fingerprint density at radius 1 is 1.35 bits per heavy atom. The van der Waals surface area contributed by atoms with Crippen molar-refractivity contribution in [2.45, 2.75) is 26.3 Å². The first-order chi connectivity index (χ1) is 7.97. The van der Waals surface area contributed by atoms with Gasteiger partial charge in [0.15, 0.2) is 0 Å². The highest BCUT2D eigenvalue weighted by atomic mass is 16.2. The zero-order valence-corrected chi connectivity index (χ0v) is 11.2. The number of amides is 2. The molecule has 1 aliphatic heterocycles. The summed E-state index contributed by atoms with van der Waals surface area (Å²) in [6.45, 7) is 5.59. The quantitative estimate of drug-likeness (QED) is 0.749. The maximum Gasteiger partial charge on any atom is 0.241 e. The summed E-state index contributed by atoms with van der Waals surface area (Å²) in [4.78, 5) is 27.1. The molecule has 1 aliphatic rings. The summed E-state index contributed by atoms with van der Waals surface area (Å²) in [5.74, 6) is 0.0870. The molecule has 0 aromatic rings. The van der Waals surface area contributed by atoms with Gasteiger partial charge in [0.05, 0.1) is 12.5 Å². The molecule has 5 nitrogen and oxygen atoms in total. The first kappa shape index (κ1) is 14.0. The third kappa shape index (κ3) is 3.43. The Labute approximate surface area is 103 Å². The van der Waals surface area contributed by atoms with E-state index in [0.29, 0.717) is 6.54 Å². The third-order valence-corrected chi connectivity index (χ3v) is 3.36. The molecule has 17 heavy (non-hydrogen) atoms. The molecule has 5 heteroatoms. The lowest BCUT2D eigenvalue weighted by Crippen LogP contribution is -2.45. The number of carbonyl (C=O) groups excluding carboxylic acids is 2. The molecule has 1 heterocycles. The lowest BCUT2D eigenvalue weighted by Gasteiger charge is -2.26. The van der Waals surface area contributed by atoms with Gasteiger partial charge in [0.2, 0.25) is 11.8 Å². The van der Waals surface area contributed by atoms with Crippen LogP contribution in [0.25, 0.3) is 0 Å². The topological polar surface area (TPSA) is 52.7 Å². The lowest BCUT2D eigenvalue weighted by molar-refractivity contribution is -0.141. The number of nitrogens with zero attached hydrogens (tertiary/aromatic N) is 2. The van der Waals surface area contributed by atoms with Crippen LogP contribution >= 0.6 is 0 Å². The van der Waals surface area contributed by atoms with Crippen molar-refractivity contribution in [3.05, 3.63) is 0 Å². The molecule has 98 valence electrons. The Morgan fingerprint density at radius 3 is 2.41 bits per heavy atom. The van der Waals surface area contributed by atoms with Crippen molar-refractivity contribution in [3.8, 4) is 0 Å². The van der Waals surface area contributed by atoms with Gasteiger partial charge in [0, 0.05) is 26.7 Å². The lowest BCUT2D eigenvalue weighted by atomic mass is 10.0. The summed E-state index contributed by atoms with van der Waals surface area (Å²) in [6, 6.07) is 0.214. The second-order valence-corrected chi connectivity index (χ2v) is 4.78. The number of likely N-dealkylation sites (N-methyl/N-ethyl adjacent to an activating group) is 2. The van der Waals surface area contributed by atoms with E-state index in [2.05, 4.69) is 5.32 Å². The van der Waals surface area contributed by atoms with Gasteiger partial charge >= 0.3 is 0 Å². The third-order valence-electron chi connectivity index (χ3n) is 3.36. The summed E-state index contributed by atoms with van der Waals surface area (Å²) in [5.41, 5.74) is 0. The van der Waals surface area contributed by atoms with Gasteiger partial charge in [0.1, 0.15) is 0 Å². The van der Waals surface area contributed by atoms with E-state index in [0.717, 1.165) is 13.0 Å². The van der Waals surface area contributed by atoms with Crippen molar-refractivity contribution in [2.24, 2.45) is 5.92 Å². The molecule has 1 N–H and O–H groups in total. The molecule has 0 aromatic heterocycles. The van der Waals surface area contributed by atoms with Crippen LogP contribution in [0.1, 0.15) is 20.3 Å². The molecule has 2 amide bonds. The Kier molecular flexibility index (Phi) is 4.93. The minimum atomic E-state index is -0.0289. The molecule has 1 saturated heterocycles. The molecule has 1 fully saturated rings. The van der Waals surface area contributed by atoms with Crippen LogP contribution in [0.4, 0.5) is 0 Å². The Balaban J connectivity index is 2.60. The van der Waals surface area contributed by atoms with E-state index in [9.17, 15) is 9.59 Å². The number of hydrogen-bond donors (Lipinski definition) is 1. The summed E-state index contributed by atoms with van der Waals surface area (Å²) in [7, 11) is 3.42. The van der Waals surface area contributed by atoms with E-state index >= 15 is 0 Å². The normalized spacial score (nSPS) is 23.5. The average molecular weight is 241 g/mol. The van der Waals surface area contributed by atoms with Crippen molar-refractivity contribution in [1.29, 1.82) is 0 Å². The Morgan fingerprint density at radius 2 is 2.00 bits per heavy atom. The number of carbonyl (C=O) groups is 2. The van der Waals surface area contributed by atoms with Crippen LogP contribution in [0.2, 0.25) is 0 Å². The van der Waals surface area contributed by atoms with Crippen LogP contribution in [0.5, 0.6) is 0 Å². The fourth-order valence-electron chi connectivity index (χ4n) is 2.08. The van der Waals surface area contributed by atoms with E-state index in [1.54, 1.807) is 19.0 Å². The van der Waals surface area contributed by atoms with Crippen molar-refractivity contribution in [2.75, 3.05) is 33.7 Å².